The van der Waals surface area contributed by atoms with Crippen LogP contribution in [0.2, 0.25) is 0 Å². The zero-order chi connectivity index (χ0) is 22.1. The largest absolute Gasteiger partial charge is 0.418 e. The number of nitriles is 1. The van der Waals surface area contributed by atoms with Crippen molar-refractivity contribution in [3.63, 3.8) is 0 Å². The minimum Gasteiger partial charge on any atom is -0.418 e. The summed E-state index contributed by atoms with van der Waals surface area (Å²) in [6.45, 7) is 0.391. The van der Waals surface area contributed by atoms with Crippen LogP contribution in [0.4, 0.5) is 24.5 Å². The molecule has 0 spiro atoms. The van der Waals surface area contributed by atoms with E-state index < -0.39 is 17.2 Å². The molecule has 4 rings (SSSR count). The van der Waals surface area contributed by atoms with Gasteiger partial charge in [-0.15, -0.1) is 10.2 Å². The van der Waals surface area contributed by atoms with Crippen molar-refractivity contribution < 1.29 is 22.4 Å². The standard InChI is InChI=1S/C20H15F3N6O2/c21-20(22,23)12-3-5-13(6-4-12)27-14-2-1-10-25-15(14)16-28-29-18(31-16)19(7-9-24)8-11-26-17(19)30/h1-6,10,27H,7-8,11H2,(H,26,30)/t19-/m0/s1. The van der Waals surface area contributed by atoms with E-state index >= 15 is 0 Å². The topological polar surface area (TPSA) is 117 Å². The lowest BCUT2D eigenvalue weighted by molar-refractivity contribution is -0.137. The van der Waals surface area contributed by atoms with Crippen molar-refractivity contribution in [2.45, 2.75) is 24.4 Å². The van der Waals surface area contributed by atoms with Gasteiger partial charge in [0.05, 0.1) is 23.7 Å². The highest BCUT2D eigenvalue weighted by Gasteiger charge is 2.48. The average molecular weight is 428 g/mol. The first-order chi connectivity index (χ1) is 14.8. The molecule has 1 atom stereocenters. The molecule has 0 aliphatic carbocycles. The lowest BCUT2D eigenvalue weighted by atomic mass is 9.83. The second-order valence-corrected chi connectivity index (χ2v) is 6.93. The molecular weight excluding hydrogens is 413 g/mol. The van der Waals surface area contributed by atoms with E-state index in [4.69, 9.17) is 9.68 Å². The molecule has 2 aromatic heterocycles. The molecule has 0 unspecified atom stereocenters. The molecule has 2 N–H and O–H groups in total. The number of benzene rings is 1. The Hall–Kier alpha value is -3.94. The number of nitrogens with zero attached hydrogens (tertiary/aromatic N) is 4. The Morgan fingerprint density at radius 1 is 1.23 bits per heavy atom. The quantitative estimate of drug-likeness (QED) is 0.638. The number of pyridine rings is 1. The molecule has 158 valence electrons. The van der Waals surface area contributed by atoms with E-state index in [-0.39, 0.29) is 29.8 Å². The monoisotopic (exact) mass is 428 g/mol. The van der Waals surface area contributed by atoms with Crippen LogP contribution in [0.5, 0.6) is 0 Å². The van der Waals surface area contributed by atoms with Crippen LogP contribution < -0.4 is 10.6 Å². The lowest BCUT2D eigenvalue weighted by Crippen LogP contribution is -2.35. The fourth-order valence-corrected chi connectivity index (χ4v) is 3.34. The Morgan fingerprint density at radius 3 is 2.65 bits per heavy atom. The van der Waals surface area contributed by atoms with Gasteiger partial charge in [0.25, 0.3) is 5.89 Å². The third-order valence-corrected chi connectivity index (χ3v) is 4.99. The minimum absolute atomic E-state index is 0.0158. The minimum atomic E-state index is -4.43. The van der Waals surface area contributed by atoms with E-state index in [0.29, 0.717) is 24.3 Å². The maximum Gasteiger partial charge on any atom is 0.416 e. The molecule has 8 nitrogen and oxygen atoms in total. The third-order valence-electron chi connectivity index (χ3n) is 4.99. The molecule has 0 saturated carbocycles. The van der Waals surface area contributed by atoms with Crippen LogP contribution in [-0.2, 0) is 16.4 Å². The van der Waals surface area contributed by atoms with Gasteiger partial charge in [-0.2, -0.15) is 18.4 Å². The Kier molecular flexibility index (Phi) is 5.06. The van der Waals surface area contributed by atoms with E-state index in [0.717, 1.165) is 12.1 Å². The van der Waals surface area contributed by atoms with E-state index in [1.54, 1.807) is 12.1 Å². The number of amides is 1. The highest BCUT2D eigenvalue weighted by Crippen LogP contribution is 2.37. The molecule has 0 radical (unpaired) electrons. The number of rotatable bonds is 5. The molecule has 1 aliphatic rings. The summed E-state index contributed by atoms with van der Waals surface area (Å²) in [6, 6.07) is 9.80. The summed E-state index contributed by atoms with van der Waals surface area (Å²) < 4.78 is 44.0. The lowest BCUT2D eigenvalue weighted by Gasteiger charge is -2.17. The van der Waals surface area contributed by atoms with Crippen LogP contribution in [0.3, 0.4) is 0 Å². The number of aromatic nitrogens is 3. The second kappa shape index (κ2) is 7.71. The first kappa shape index (κ1) is 20.3. The number of alkyl halides is 3. The van der Waals surface area contributed by atoms with Crippen LogP contribution in [0.1, 0.15) is 24.3 Å². The fourth-order valence-electron chi connectivity index (χ4n) is 3.34. The van der Waals surface area contributed by atoms with E-state index in [2.05, 4.69) is 25.8 Å². The fraction of sp³-hybridized carbons (Fsp3) is 0.250. The highest BCUT2D eigenvalue weighted by molar-refractivity contribution is 5.89. The van der Waals surface area contributed by atoms with Crippen LogP contribution in [0.25, 0.3) is 11.6 Å². The third kappa shape index (κ3) is 3.79. The van der Waals surface area contributed by atoms with Crippen molar-refractivity contribution >= 4 is 17.3 Å². The summed E-state index contributed by atoms with van der Waals surface area (Å²) in [7, 11) is 0. The molecule has 1 amide bonds. The number of anilines is 2. The van der Waals surface area contributed by atoms with Crippen molar-refractivity contribution in [3.8, 4) is 17.7 Å². The summed E-state index contributed by atoms with van der Waals surface area (Å²) in [5, 5.41) is 22.8. The normalized spacial score (nSPS) is 18.5. The molecule has 1 saturated heterocycles. The van der Waals surface area contributed by atoms with E-state index in [9.17, 15) is 18.0 Å². The van der Waals surface area contributed by atoms with E-state index in [1.807, 2.05) is 6.07 Å². The summed E-state index contributed by atoms with van der Waals surface area (Å²) in [5.41, 5.74) is -0.897. The molecule has 31 heavy (non-hydrogen) atoms. The van der Waals surface area contributed by atoms with Crippen LogP contribution in [0.15, 0.2) is 47.0 Å². The zero-order valence-corrected chi connectivity index (χ0v) is 15.9. The van der Waals surface area contributed by atoms with Gasteiger partial charge >= 0.3 is 6.18 Å². The summed E-state index contributed by atoms with van der Waals surface area (Å²) in [6.07, 6.45) is -2.70. The smallest absolute Gasteiger partial charge is 0.416 e. The molecule has 1 aromatic carbocycles. The summed E-state index contributed by atoms with van der Waals surface area (Å²) in [5.74, 6) is -0.319. The first-order valence-corrected chi connectivity index (χ1v) is 9.22. The highest BCUT2D eigenvalue weighted by atomic mass is 19.4. The zero-order valence-electron chi connectivity index (χ0n) is 15.9. The van der Waals surface area contributed by atoms with Gasteiger partial charge in [0.15, 0.2) is 5.69 Å². The maximum atomic E-state index is 12.8. The molecule has 3 heterocycles. The van der Waals surface area contributed by atoms with E-state index in [1.165, 1.54) is 18.3 Å². The molecule has 1 aliphatic heterocycles. The van der Waals surface area contributed by atoms with Gasteiger partial charge in [0, 0.05) is 18.4 Å². The predicted octanol–water partition coefficient (Wildman–Crippen LogP) is 3.57. The number of hydrogen-bond donors (Lipinski definition) is 2. The van der Waals surface area contributed by atoms with Crippen molar-refractivity contribution in [1.82, 2.24) is 20.5 Å². The number of nitrogens with one attached hydrogen (secondary N) is 2. The number of carbonyl (C=O) groups is 1. The molecule has 1 fully saturated rings. The van der Waals surface area contributed by atoms with Gasteiger partial charge in [-0.1, -0.05) is 0 Å². The number of carbonyl (C=O) groups excluding carboxylic acids is 1. The van der Waals surface area contributed by atoms with Crippen LogP contribution in [-0.4, -0.2) is 27.6 Å². The average Bonchev–Trinajstić information content (AvgIpc) is 3.37. The Morgan fingerprint density at radius 2 is 2.00 bits per heavy atom. The first-order valence-electron chi connectivity index (χ1n) is 9.22. The Bertz CT molecular complexity index is 1150. The van der Waals surface area contributed by atoms with Crippen molar-refractivity contribution in [3.05, 3.63) is 54.0 Å². The molecule has 3 aromatic rings. The van der Waals surface area contributed by atoms with Crippen molar-refractivity contribution in [2.75, 3.05) is 11.9 Å². The van der Waals surface area contributed by atoms with Gasteiger partial charge < -0.3 is 15.1 Å². The maximum absolute atomic E-state index is 12.8. The van der Waals surface area contributed by atoms with Crippen molar-refractivity contribution in [1.29, 1.82) is 5.26 Å². The predicted molar refractivity (Wildman–Crippen MR) is 102 cm³/mol. The van der Waals surface area contributed by atoms with Gasteiger partial charge in [-0.3, -0.25) is 4.79 Å². The second-order valence-electron chi connectivity index (χ2n) is 6.93. The van der Waals surface area contributed by atoms with Gasteiger partial charge in [-0.05, 0) is 42.8 Å². The number of hydrogen-bond acceptors (Lipinski definition) is 7. The van der Waals surface area contributed by atoms with Crippen LogP contribution >= 0.6 is 0 Å². The summed E-state index contributed by atoms with van der Waals surface area (Å²) in [4.78, 5) is 16.6. The number of halogens is 3. The molecular formula is C20H15F3N6O2. The van der Waals surface area contributed by atoms with Gasteiger partial charge in [0.1, 0.15) is 5.41 Å². The molecule has 0 bridgehead atoms. The van der Waals surface area contributed by atoms with Crippen LogP contribution in [0, 0.1) is 11.3 Å². The summed E-state index contributed by atoms with van der Waals surface area (Å²) >= 11 is 0. The molecule has 11 heteroatoms. The van der Waals surface area contributed by atoms with Gasteiger partial charge in [-0.25, -0.2) is 4.98 Å². The SMILES string of the molecule is N#CC[C@]1(c2nnc(-c3ncccc3Nc3ccc(C(F)(F)F)cc3)o2)CCNC1=O. The Balaban J connectivity index is 1.64. The van der Waals surface area contributed by atoms with Gasteiger partial charge in [0.2, 0.25) is 11.8 Å². The Labute approximate surface area is 174 Å². The van der Waals surface area contributed by atoms with Crippen molar-refractivity contribution in [2.24, 2.45) is 0 Å².